The highest BCUT2D eigenvalue weighted by Gasteiger charge is 2.39. The van der Waals surface area contributed by atoms with Gasteiger partial charge in [0.2, 0.25) is 0 Å². The van der Waals surface area contributed by atoms with Crippen molar-refractivity contribution in [3.63, 3.8) is 0 Å². The Bertz CT molecular complexity index is 425. The summed E-state index contributed by atoms with van der Waals surface area (Å²) in [7, 11) is 0. The lowest BCUT2D eigenvalue weighted by Gasteiger charge is -2.32. The van der Waals surface area contributed by atoms with Crippen LogP contribution in [0.1, 0.15) is 51.3 Å². The minimum absolute atomic E-state index is 0.190. The van der Waals surface area contributed by atoms with Crippen LogP contribution < -0.4 is 5.32 Å². The Hall–Kier alpha value is -0.860. The van der Waals surface area contributed by atoms with E-state index in [1.807, 2.05) is 0 Å². The van der Waals surface area contributed by atoms with Crippen molar-refractivity contribution in [3.8, 4) is 0 Å². The first-order valence-corrected chi connectivity index (χ1v) is 7.38. The Balaban J connectivity index is 2.18. The summed E-state index contributed by atoms with van der Waals surface area (Å²) in [5.74, 6) is 0.601. The van der Waals surface area contributed by atoms with Crippen molar-refractivity contribution < 1.29 is 5.11 Å². The van der Waals surface area contributed by atoms with Crippen molar-refractivity contribution >= 4 is 0 Å². The Morgan fingerprint density at radius 1 is 1.32 bits per heavy atom. The summed E-state index contributed by atoms with van der Waals surface area (Å²) in [6.45, 7) is 9.26. The average Bonchev–Trinajstić information content (AvgIpc) is 2.59. The van der Waals surface area contributed by atoms with Crippen LogP contribution in [-0.2, 0) is 6.42 Å². The van der Waals surface area contributed by atoms with Gasteiger partial charge in [-0.1, -0.05) is 52.0 Å². The maximum atomic E-state index is 9.59. The van der Waals surface area contributed by atoms with Gasteiger partial charge in [0.05, 0.1) is 6.61 Å². The zero-order chi connectivity index (χ0) is 14.0. The van der Waals surface area contributed by atoms with Crippen LogP contribution in [0.2, 0.25) is 0 Å². The molecule has 2 nitrogen and oxygen atoms in total. The Morgan fingerprint density at radius 3 is 2.63 bits per heavy atom. The van der Waals surface area contributed by atoms with Crippen LogP contribution in [0.25, 0.3) is 0 Å². The van der Waals surface area contributed by atoms with Gasteiger partial charge in [-0.2, -0.15) is 0 Å². The smallest absolute Gasteiger partial charge is 0.0584 e. The van der Waals surface area contributed by atoms with Gasteiger partial charge in [-0.3, -0.25) is 0 Å². The summed E-state index contributed by atoms with van der Waals surface area (Å²) in [4.78, 5) is 0. The molecule has 1 aromatic rings. The molecule has 106 valence electrons. The van der Waals surface area contributed by atoms with Crippen LogP contribution >= 0.6 is 0 Å². The fourth-order valence-electron chi connectivity index (χ4n) is 3.31. The molecule has 2 N–H and O–H groups in total. The molecule has 0 spiro atoms. The quantitative estimate of drug-likeness (QED) is 0.852. The number of nitrogens with one attached hydrogen (secondary N) is 1. The lowest BCUT2D eigenvalue weighted by molar-refractivity contribution is 0.176. The molecular weight excluding hydrogens is 234 g/mol. The lowest BCUT2D eigenvalue weighted by atomic mass is 9.84. The van der Waals surface area contributed by atoms with Gasteiger partial charge < -0.3 is 10.4 Å². The molecule has 1 aliphatic rings. The minimum Gasteiger partial charge on any atom is -0.395 e. The third-order valence-electron chi connectivity index (χ3n) is 4.17. The summed E-state index contributed by atoms with van der Waals surface area (Å²) < 4.78 is 0. The molecule has 0 heterocycles. The number of fused-ring (bicyclic) bond motifs is 1. The summed E-state index contributed by atoms with van der Waals surface area (Å²) in [6.07, 6.45) is 2.13. The second-order valence-electron chi connectivity index (χ2n) is 6.97. The molecular formula is C17H27NO. The largest absolute Gasteiger partial charge is 0.395 e. The summed E-state index contributed by atoms with van der Waals surface area (Å²) in [5, 5.41) is 13.3. The average molecular weight is 261 g/mol. The van der Waals surface area contributed by atoms with Crippen molar-refractivity contribution in [2.45, 2.75) is 52.6 Å². The number of hydrogen-bond acceptors (Lipinski definition) is 2. The fraction of sp³-hybridized carbons (Fsp3) is 0.647. The maximum absolute atomic E-state index is 9.59. The third-order valence-corrected chi connectivity index (χ3v) is 4.17. The molecule has 0 radical (unpaired) electrons. The van der Waals surface area contributed by atoms with Gasteiger partial charge in [-0.25, -0.2) is 0 Å². The molecule has 0 fully saturated rings. The SMILES string of the molecule is CC(C)CC(CO)NC1c2ccccc2CC1(C)C. The first-order valence-electron chi connectivity index (χ1n) is 7.38. The van der Waals surface area contributed by atoms with Gasteiger partial charge in [0, 0.05) is 12.1 Å². The maximum Gasteiger partial charge on any atom is 0.0584 e. The molecule has 0 aliphatic heterocycles. The highest BCUT2D eigenvalue weighted by Crippen LogP contribution is 2.45. The zero-order valence-corrected chi connectivity index (χ0v) is 12.6. The van der Waals surface area contributed by atoms with Crippen LogP contribution in [-0.4, -0.2) is 17.8 Å². The number of benzene rings is 1. The zero-order valence-electron chi connectivity index (χ0n) is 12.6. The summed E-state index contributed by atoms with van der Waals surface area (Å²) in [5.41, 5.74) is 3.08. The molecule has 2 atom stereocenters. The van der Waals surface area contributed by atoms with Gasteiger partial charge in [0.25, 0.3) is 0 Å². The summed E-state index contributed by atoms with van der Waals surface area (Å²) >= 11 is 0. The van der Waals surface area contributed by atoms with Gasteiger partial charge in [0.1, 0.15) is 0 Å². The Morgan fingerprint density at radius 2 is 2.00 bits per heavy atom. The third kappa shape index (κ3) is 3.18. The van der Waals surface area contributed by atoms with E-state index in [0.29, 0.717) is 12.0 Å². The minimum atomic E-state index is 0.190. The number of aliphatic hydroxyl groups excluding tert-OH is 1. The number of rotatable bonds is 5. The lowest BCUT2D eigenvalue weighted by Crippen LogP contribution is -2.41. The van der Waals surface area contributed by atoms with Gasteiger partial charge in [-0.05, 0) is 35.3 Å². The van der Waals surface area contributed by atoms with Gasteiger partial charge in [-0.15, -0.1) is 0 Å². The van der Waals surface area contributed by atoms with Crippen molar-refractivity contribution in [3.05, 3.63) is 35.4 Å². The first-order chi connectivity index (χ1) is 8.94. The van der Waals surface area contributed by atoms with E-state index in [1.54, 1.807) is 0 Å². The molecule has 19 heavy (non-hydrogen) atoms. The standard InChI is InChI=1S/C17H27NO/c1-12(2)9-14(11-19)18-16-15-8-6-5-7-13(15)10-17(16,3)4/h5-8,12,14,16,18-19H,9-11H2,1-4H3. The molecule has 0 aromatic heterocycles. The van der Waals surface area contributed by atoms with E-state index in [-0.39, 0.29) is 18.1 Å². The van der Waals surface area contributed by atoms with Crippen LogP contribution in [0.5, 0.6) is 0 Å². The molecule has 0 amide bonds. The fourth-order valence-corrected chi connectivity index (χ4v) is 3.31. The molecule has 2 unspecified atom stereocenters. The first kappa shape index (κ1) is 14.5. The molecule has 1 aliphatic carbocycles. The second-order valence-corrected chi connectivity index (χ2v) is 6.97. The predicted molar refractivity (Wildman–Crippen MR) is 80.1 cm³/mol. The van der Waals surface area contributed by atoms with Gasteiger partial charge >= 0.3 is 0 Å². The molecule has 0 bridgehead atoms. The van der Waals surface area contributed by atoms with E-state index >= 15 is 0 Å². The van der Waals surface area contributed by atoms with E-state index in [1.165, 1.54) is 11.1 Å². The van der Waals surface area contributed by atoms with E-state index in [9.17, 15) is 5.11 Å². The topological polar surface area (TPSA) is 32.3 Å². The predicted octanol–water partition coefficient (Wildman–Crippen LogP) is 3.31. The Kier molecular flexibility index (Phi) is 4.32. The highest BCUT2D eigenvalue weighted by atomic mass is 16.3. The number of aliphatic hydroxyl groups is 1. The molecule has 2 rings (SSSR count). The van der Waals surface area contributed by atoms with Gasteiger partial charge in [0.15, 0.2) is 0 Å². The van der Waals surface area contributed by atoms with E-state index in [2.05, 4.69) is 57.3 Å². The number of hydrogen-bond donors (Lipinski definition) is 2. The van der Waals surface area contributed by atoms with E-state index < -0.39 is 0 Å². The van der Waals surface area contributed by atoms with Crippen LogP contribution in [0.4, 0.5) is 0 Å². The second kappa shape index (κ2) is 5.64. The molecule has 0 saturated carbocycles. The van der Waals surface area contributed by atoms with Crippen molar-refractivity contribution in [1.29, 1.82) is 0 Å². The molecule has 2 heteroatoms. The van der Waals surface area contributed by atoms with Crippen LogP contribution in [0.15, 0.2) is 24.3 Å². The van der Waals surface area contributed by atoms with Crippen molar-refractivity contribution in [2.24, 2.45) is 11.3 Å². The normalized spacial score (nSPS) is 22.5. The molecule has 1 aromatic carbocycles. The Labute approximate surface area is 117 Å². The van der Waals surface area contributed by atoms with Crippen molar-refractivity contribution in [2.75, 3.05) is 6.61 Å². The van der Waals surface area contributed by atoms with Crippen molar-refractivity contribution in [1.82, 2.24) is 5.32 Å². The summed E-state index contributed by atoms with van der Waals surface area (Å²) in [6, 6.07) is 9.23. The highest BCUT2D eigenvalue weighted by molar-refractivity contribution is 5.37. The van der Waals surface area contributed by atoms with E-state index in [4.69, 9.17) is 0 Å². The van der Waals surface area contributed by atoms with Crippen LogP contribution in [0, 0.1) is 11.3 Å². The molecule has 0 saturated heterocycles. The monoisotopic (exact) mass is 261 g/mol. The van der Waals surface area contributed by atoms with Crippen LogP contribution in [0.3, 0.4) is 0 Å². The van der Waals surface area contributed by atoms with E-state index in [0.717, 1.165) is 12.8 Å².